The molecule has 0 saturated heterocycles. The van der Waals surface area contributed by atoms with Gasteiger partial charge in [0.2, 0.25) is 0 Å². The summed E-state index contributed by atoms with van der Waals surface area (Å²) in [6.07, 6.45) is 1.79. The van der Waals surface area contributed by atoms with E-state index in [4.69, 9.17) is 0 Å². The summed E-state index contributed by atoms with van der Waals surface area (Å²) < 4.78 is 23.3. The Morgan fingerprint density at radius 3 is 2.17 bits per heavy atom. The zero-order chi connectivity index (χ0) is 17.5. The topological polar surface area (TPSA) is 54.4 Å². The molecule has 0 heterocycles. The average molecular weight is 342 g/mol. The van der Waals surface area contributed by atoms with Crippen LogP contribution in [0.4, 0.5) is 0 Å². The molecular weight excluding hydrogens is 320 g/mol. The Morgan fingerprint density at radius 1 is 1.04 bits per heavy atom. The van der Waals surface area contributed by atoms with E-state index in [9.17, 15) is 13.5 Å². The molecule has 0 fully saturated rings. The third-order valence-corrected chi connectivity index (χ3v) is 6.10. The van der Waals surface area contributed by atoms with Gasteiger partial charge in [-0.15, -0.1) is 0 Å². The molecule has 0 bridgehead atoms. The number of allylic oxidation sites excluding steroid dienone is 1. The minimum atomic E-state index is -3.24. The summed E-state index contributed by atoms with van der Waals surface area (Å²) >= 11 is 0. The van der Waals surface area contributed by atoms with Crippen molar-refractivity contribution in [1.82, 2.24) is 0 Å². The van der Waals surface area contributed by atoms with Gasteiger partial charge in [0.1, 0.15) is 5.60 Å². The highest BCUT2D eigenvalue weighted by atomic mass is 32.2. The number of benzene rings is 2. The fourth-order valence-corrected chi connectivity index (χ4v) is 4.21. The van der Waals surface area contributed by atoms with Crippen LogP contribution in [0, 0.1) is 5.92 Å². The van der Waals surface area contributed by atoms with Gasteiger partial charge in [0.25, 0.3) is 0 Å². The second-order valence-corrected chi connectivity index (χ2v) is 8.70. The van der Waals surface area contributed by atoms with Crippen molar-refractivity contribution in [2.24, 2.45) is 5.92 Å². The van der Waals surface area contributed by atoms with Crippen LogP contribution < -0.4 is 0 Å². The highest BCUT2D eigenvalue weighted by Gasteiger charge is 2.43. The third kappa shape index (κ3) is 2.80. The molecule has 0 aromatic heterocycles. The molecule has 126 valence electrons. The van der Waals surface area contributed by atoms with Crippen molar-refractivity contribution in [2.75, 3.05) is 6.26 Å². The van der Waals surface area contributed by atoms with Gasteiger partial charge in [-0.1, -0.05) is 55.0 Å². The van der Waals surface area contributed by atoms with Gasteiger partial charge in [0.15, 0.2) is 9.84 Å². The van der Waals surface area contributed by atoms with E-state index in [2.05, 4.69) is 13.8 Å². The molecule has 2 aromatic carbocycles. The van der Waals surface area contributed by atoms with Gasteiger partial charge in [-0.25, -0.2) is 8.42 Å². The van der Waals surface area contributed by atoms with Gasteiger partial charge in [-0.3, -0.25) is 0 Å². The molecule has 0 radical (unpaired) electrons. The molecule has 1 aliphatic rings. The summed E-state index contributed by atoms with van der Waals surface area (Å²) in [6.45, 7) is 4.18. The van der Waals surface area contributed by atoms with E-state index >= 15 is 0 Å². The van der Waals surface area contributed by atoms with Gasteiger partial charge in [-0.2, -0.15) is 0 Å². The summed E-state index contributed by atoms with van der Waals surface area (Å²) in [7, 11) is -3.24. The molecule has 1 aliphatic carbocycles. The van der Waals surface area contributed by atoms with Crippen molar-refractivity contribution >= 4 is 15.4 Å². The molecule has 0 spiro atoms. The van der Waals surface area contributed by atoms with Crippen LogP contribution in [0.25, 0.3) is 5.57 Å². The average Bonchev–Trinajstić information content (AvgIpc) is 2.78. The number of rotatable bonds is 3. The lowest BCUT2D eigenvalue weighted by Gasteiger charge is -2.28. The van der Waals surface area contributed by atoms with E-state index in [0.29, 0.717) is 6.42 Å². The molecule has 1 N–H and O–H groups in total. The lowest BCUT2D eigenvalue weighted by atomic mass is 9.83. The minimum absolute atomic E-state index is 0.264. The van der Waals surface area contributed by atoms with Gasteiger partial charge in [-0.05, 0) is 48.1 Å². The van der Waals surface area contributed by atoms with E-state index < -0.39 is 15.4 Å². The van der Waals surface area contributed by atoms with Crippen molar-refractivity contribution in [3.8, 4) is 0 Å². The monoisotopic (exact) mass is 342 g/mol. The Labute approximate surface area is 143 Å². The number of hydrogen-bond donors (Lipinski definition) is 1. The summed E-state index contributed by atoms with van der Waals surface area (Å²) in [4.78, 5) is 0.267. The molecule has 2 atom stereocenters. The fraction of sp³-hybridized carbons (Fsp3) is 0.300. The van der Waals surface area contributed by atoms with E-state index in [1.165, 1.54) is 11.8 Å². The molecule has 2 aromatic rings. The molecule has 2 unspecified atom stereocenters. The van der Waals surface area contributed by atoms with Crippen LogP contribution in [0.1, 0.15) is 31.4 Å². The summed E-state index contributed by atoms with van der Waals surface area (Å²) in [6, 6.07) is 16.5. The van der Waals surface area contributed by atoms with Crippen molar-refractivity contribution in [1.29, 1.82) is 0 Å². The van der Waals surface area contributed by atoms with Crippen molar-refractivity contribution in [3.05, 3.63) is 71.3 Å². The Hall–Kier alpha value is -1.91. The van der Waals surface area contributed by atoms with E-state index in [1.807, 2.05) is 30.3 Å². The Bertz CT molecular complexity index is 880. The smallest absolute Gasteiger partial charge is 0.175 e. The van der Waals surface area contributed by atoms with Crippen LogP contribution in [-0.2, 0) is 15.4 Å². The maximum absolute atomic E-state index is 11.7. The molecule has 3 rings (SSSR count). The molecular formula is C20H22O3S. The first-order valence-electron chi connectivity index (χ1n) is 8.03. The Kier molecular flexibility index (Phi) is 4.14. The first-order chi connectivity index (χ1) is 11.2. The molecule has 0 aliphatic heterocycles. The standard InChI is InChI=1S/C20H22O3S/c1-14-13-20(21,17-9-11-18(12-10-17)24(3,22)23)19(15(14)2)16-7-5-4-6-8-16/h4-12,14,21H,13H2,1-3H3. The van der Waals surface area contributed by atoms with Crippen LogP contribution in [0.15, 0.2) is 65.1 Å². The molecule has 0 saturated carbocycles. The highest BCUT2D eigenvalue weighted by molar-refractivity contribution is 7.90. The predicted octanol–water partition coefficient (Wildman–Crippen LogP) is 3.79. The minimum Gasteiger partial charge on any atom is -0.380 e. The maximum atomic E-state index is 11.7. The normalized spacial score (nSPS) is 24.4. The molecule has 0 amide bonds. The molecule has 4 heteroatoms. The van der Waals surface area contributed by atoms with Crippen molar-refractivity contribution < 1.29 is 13.5 Å². The van der Waals surface area contributed by atoms with Crippen LogP contribution in [0.2, 0.25) is 0 Å². The summed E-state index contributed by atoms with van der Waals surface area (Å²) in [5, 5.41) is 11.5. The third-order valence-electron chi connectivity index (χ3n) is 4.97. The van der Waals surface area contributed by atoms with Crippen LogP contribution >= 0.6 is 0 Å². The van der Waals surface area contributed by atoms with Gasteiger partial charge in [0, 0.05) is 6.26 Å². The summed E-state index contributed by atoms with van der Waals surface area (Å²) in [5.74, 6) is 0.264. The Morgan fingerprint density at radius 2 is 1.62 bits per heavy atom. The second kappa shape index (κ2) is 5.87. The largest absolute Gasteiger partial charge is 0.380 e. The predicted molar refractivity (Wildman–Crippen MR) is 96.3 cm³/mol. The van der Waals surface area contributed by atoms with Crippen LogP contribution in [0.3, 0.4) is 0 Å². The lowest BCUT2D eigenvalue weighted by molar-refractivity contribution is 0.0904. The van der Waals surface area contributed by atoms with Crippen LogP contribution in [-0.4, -0.2) is 19.8 Å². The quantitative estimate of drug-likeness (QED) is 0.923. The van der Waals surface area contributed by atoms with Gasteiger partial charge >= 0.3 is 0 Å². The number of hydrogen-bond acceptors (Lipinski definition) is 3. The first kappa shape index (κ1) is 16.9. The van der Waals surface area contributed by atoms with Crippen molar-refractivity contribution in [3.63, 3.8) is 0 Å². The van der Waals surface area contributed by atoms with E-state index in [1.54, 1.807) is 24.3 Å². The SMILES string of the molecule is CC1=C(c2ccccc2)C(O)(c2ccc(S(C)(=O)=O)cc2)CC1C. The fourth-order valence-electron chi connectivity index (χ4n) is 3.58. The first-order valence-corrected chi connectivity index (χ1v) is 9.92. The van der Waals surface area contributed by atoms with Crippen molar-refractivity contribution in [2.45, 2.75) is 30.8 Å². The van der Waals surface area contributed by atoms with Gasteiger partial charge in [0.05, 0.1) is 4.90 Å². The Balaban J connectivity index is 2.12. The second-order valence-electron chi connectivity index (χ2n) is 6.69. The van der Waals surface area contributed by atoms with Crippen LogP contribution in [0.5, 0.6) is 0 Å². The number of sulfone groups is 1. The molecule has 24 heavy (non-hydrogen) atoms. The zero-order valence-corrected chi connectivity index (χ0v) is 15.0. The summed E-state index contributed by atoms with van der Waals surface area (Å²) in [5.41, 5.74) is 2.76. The van der Waals surface area contributed by atoms with E-state index in [0.717, 1.165) is 16.7 Å². The lowest BCUT2D eigenvalue weighted by Crippen LogP contribution is -2.25. The zero-order valence-electron chi connectivity index (χ0n) is 14.2. The van der Waals surface area contributed by atoms with E-state index in [-0.39, 0.29) is 10.8 Å². The number of aliphatic hydroxyl groups is 1. The molecule has 3 nitrogen and oxygen atoms in total. The highest BCUT2D eigenvalue weighted by Crippen LogP contribution is 2.50. The maximum Gasteiger partial charge on any atom is 0.175 e. The van der Waals surface area contributed by atoms with Gasteiger partial charge < -0.3 is 5.11 Å².